The third kappa shape index (κ3) is 4.80. The van der Waals surface area contributed by atoms with Gasteiger partial charge in [0.2, 0.25) is 5.91 Å². The summed E-state index contributed by atoms with van der Waals surface area (Å²) in [7, 11) is -3.04. The molecule has 0 aliphatic carbocycles. The van der Waals surface area contributed by atoms with Crippen LogP contribution in [0.5, 0.6) is 0 Å². The van der Waals surface area contributed by atoms with E-state index in [1.165, 1.54) is 6.08 Å². The second kappa shape index (κ2) is 8.45. The number of hydrogen-bond donors (Lipinski definition) is 1. The average Bonchev–Trinajstić information content (AvgIpc) is 3.30. The maximum atomic E-state index is 12.3. The number of nitrogens with zero attached hydrogens (tertiary/aromatic N) is 2. The van der Waals surface area contributed by atoms with E-state index in [-0.39, 0.29) is 23.5 Å². The number of rotatable bonds is 5. The van der Waals surface area contributed by atoms with Crippen molar-refractivity contribution in [1.29, 1.82) is 0 Å². The minimum atomic E-state index is -3.04. The van der Waals surface area contributed by atoms with Gasteiger partial charge in [-0.2, -0.15) is 5.10 Å². The highest BCUT2D eigenvalue weighted by Gasteiger charge is 2.28. The molecule has 3 aromatic rings. The normalized spacial score (nSPS) is 18.0. The van der Waals surface area contributed by atoms with E-state index in [4.69, 9.17) is 16.7 Å². The van der Waals surface area contributed by atoms with E-state index in [0.717, 1.165) is 16.8 Å². The summed E-state index contributed by atoms with van der Waals surface area (Å²) in [5, 5.41) is 8.08. The Kier molecular flexibility index (Phi) is 5.74. The van der Waals surface area contributed by atoms with Gasteiger partial charge in [-0.15, -0.1) is 0 Å². The van der Waals surface area contributed by atoms with Crippen LogP contribution in [0.15, 0.2) is 66.9 Å². The van der Waals surface area contributed by atoms with E-state index in [1.807, 2.05) is 48.7 Å². The van der Waals surface area contributed by atoms with Crippen molar-refractivity contribution in [2.45, 2.75) is 12.5 Å². The minimum Gasteiger partial charge on any atom is -0.349 e. The van der Waals surface area contributed by atoms with Crippen LogP contribution >= 0.6 is 11.6 Å². The predicted octanol–water partition coefficient (Wildman–Crippen LogP) is 3.51. The lowest BCUT2D eigenvalue weighted by molar-refractivity contribution is -0.116. The Balaban J connectivity index is 1.60. The molecule has 8 heteroatoms. The van der Waals surface area contributed by atoms with Gasteiger partial charge < -0.3 is 5.32 Å². The summed E-state index contributed by atoms with van der Waals surface area (Å²) in [5.74, 6) is -0.215. The second-order valence-corrected chi connectivity index (χ2v) is 9.83. The molecular formula is C22H20ClN3O3S. The van der Waals surface area contributed by atoms with Gasteiger partial charge in [-0.05, 0) is 36.8 Å². The Morgan fingerprint density at radius 1 is 1.13 bits per heavy atom. The number of benzene rings is 2. The molecule has 1 saturated heterocycles. The van der Waals surface area contributed by atoms with Crippen LogP contribution in [0, 0.1) is 0 Å². The van der Waals surface area contributed by atoms with E-state index >= 15 is 0 Å². The summed E-state index contributed by atoms with van der Waals surface area (Å²) in [6, 6.07) is 16.7. The average molecular weight is 442 g/mol. The highest BCUT2D eigenvalue weighted by atomic mass is 35.5. The number of para-hydroxylation sites is 1. The van der Waals surface area contributed by atoms with Crippen LogP contribution in [0.4, 0.5) is 0 Å². The molecular weight excluding hydrogens is 422 g/mol. The molecule has 1 fully saturated rings. The van der Waals surface area contributed by atoms with Crippen molar-refractivity contribution in [3.8, 4) is 16.9 Å². The molecule has 1 atom stereocenters. The number of carbonyl (C=O) groups excluding carboxylic acids is 1. The first-order valence-corrected chi connectivity index (χ1v) is 11.7. The van der Waals surface area contributed by atoms with Gasteiger partial charge in [0, 0.05) is 34.5 Å². The van der Waals surface area contributed by atoms with Crippen LogP contribution in [0.2, 0.25) is 5.02 Å². The first-order chi connectivity index (χ1) is 14.4. The zero-order valence-corrected chi connectivity index (χ0v) is 17.6. The molecule has 6 nitrogen and oxygen atoms in total. The number of hydrogen-bond acceptors (Lipinski definition) is 4. The number of nitrogens with one attached hydrogen (secondary N) is 1. The van der Waals surface area contributed by atoms with E-state index in [0.29, 0.717) is 17.1 Å². The largest absolute Gasteiger partial charge is 0.349 e. The molecule has 0 radical (unpaired) electrons. The van der Waals surface area contributed by atoms with Gasteiger partial charge in [0.05, 0.1) is 22.9 Å². The van der Waals surface area contributed by atoms with Gasteiger partial charge >= 0.3 is 0 Å². The van der Waals surface area contributed by atoms with Gasteiger partial charge in [0.25, 0.3) is 0 Å². The van der Waals surface area contributed by atoms with Crippen LogP contribution in [0.25, 0.3) is 23.0 Å². The molecule has 1 amide bonds. The Bertz CT molecular complexity index is 1190. The Morgan fingerprint density at radius 2 is 1.87 bits per heavy atom. The summed E-state index contributed by atoms with van der Waals surface area (Å²) in [5.41, 5.74) is 3.24. The molecule has 30 heavy (non-hydrogen) atoms. The summed E-state index contributed by atoms with van der Waals surface area (Å²) >= 11 is 6.01. The standard InChI is InChI=1S/C22H20ClN3O3S/c23-18-9-6-16(7-10-18)22-17(14-26(25-22)20-4-2-1-3-5-20)8-11-21(27)24-19-12-13-30(28,29)15-19/h1-11,14,19H,12-13,15H2,(H,24,27). The maximum Gasteiger partial charge on any atom is 0.244 e. The van der Waals surface area contributed by atoms with Gasteiger partial charge in [-0.1, -0.05) is 41.9 Å². The summed E-state index contributed by atoms with van der Waals surface area (Å²) in [6.45, 7) is 0. The van der Waals surface area contributed by atoms with Crippen LogP contribution < -0.4 is 5.32 Å². The van der Waals surface area contributed by atoms with Crippen molar-refractivity contribution < 1.29 is 13.2 Å². The third-order valence-electron chi connectivity index (χ3n) is 4.87. The number of halogens is 1. The summed E-state index contributed by atoms with van der Waals surface area (Å²) < 4.78 is 24.9. The van der Waals surface area contributed by atoms with Crippen molar-refractivity contribution >= 4 is 33.4 Å². The zero-order valence-electron chi connectivity index (χ0n) is 16.0. The molecule has 1 aliphatic heterocycles. The Labute approximate surface area is 180 Å². The lowest BCUT2D eigenvalue weighted by Crippen LogP contribution is -2.34. The van der Waals surface area contributed by atoms with Crippen molar-refractivity contribution in [2.24, 2.45) is 0 Å². The van der Waals surface area contributed by atoms with Crippen LogP contribution in [0.1, 0.15) is 12.0 Å². The topological polar surface area (TPSA) is 81.1 Å². The maximum absolute atomic E-state index is 12.3. The molecule has 1 aromatic heterocycles. The minimum absolute atomic E-state index is 0.00541. The van der Waals surface area contributed by atoms with Crippen molar-refractivity contribution in [1.82, 2.24) is 15.1 Å². The predicted molar refractivity (Wildman–Crippen MR) is 118 cm³/mol. The first kappa shape index (κ1) is 20.4. The van der Waals surface area contributed by atoms with Gasteiger partial charge in [0.1, 0.15) is 0 Å². The number of carbonyl (C=O) groups is 1. The molecule has 1 unspecified atom stereocenters. The fourth-order valence-corrected chi connectivity index (χ4v) is 5.18. The number of sulfone groups is 1. The number of amides is 1. The van der Waals surface area contributed by atoms with Crippen LogP contribution in [-0.4, -0.2) is 41.7 Å². The third-order valence-corrected chi connectivity index (χ3v) is 6.89. The second-order valence-electron chi connectivity index (χ2n) is 7.16. The molecule has 2 aromatic carbocycles. The number of aromatic nitrogens is 2. The molecule has 154 valence electrons. The smallest absolute Gasteiger partial charge is 0.244 e. The lowest BCUT2D eigenvalue weighted by atomic mass is 10.1. The van der Waals surface area contributed by atoms with E-state index in [2.05, 4.69) is 5.32 Å². The zero-order chi connectivity index (χ0) is 21.1. The molecule has 0 bridgehead atoms. The Morgan fingerprint density at radius 3 is 2.53 bits per heavy atom. The van der Waals surface area contributed by atoms with E-state index in [9.17, 15) is 13.2 Å². The quantitative estimate of drug-likeness (QED) is 0.614. The molecule has 1 aliphatic rings. The van der Waals surface area contributed by atoms with E-state index < -0.39 is 9.84 Å². The highest BCUT2D eigenvalue weighted by Crippen LogP contribution is 2.26. The SMILES string of the molecule is O=C(C=Cc1cn(-c2ccccc2)nc1-c1ccc(Cl)cc1)NC1CCS(=O)(=O)C1. The summed E-state index contributed by atoms with van der Waals surface area (Å²) in [6.07, 6.45) is 5.40. The van der Waals surface area contributed by atoms with Crippen molar-refractivity contribution in [2.75, 3.05) is 11.5 Å². The summed E-state index contributed by atoms with van der Waals surface area (Å²) in [4.78, 5) is 12.3. The first-order valence-electron chi connectivity index (χ1n) is 9.50. The molecule has 0 spiro atoms. The monoisotopic (exact) mass is 441 g/mol. The molecule has 4 rings (SSSR count). The van der Waals surface area contributed by atoms with E-state index in [1.54, 1.807) is 22.9 Å². The highest BCUT2D eigenvalue weighted by molar-refractivity contribution is 7.91. The Hall–Kier alpha value is -2.90. The lowest BCUT2D eigenvalue weighted by Gasteiger charge is -2.07. The van der Waals surface area contributed by atoms with Crippen molar-refractivity contribution in [3.05, 3.63) is 77.5 Å². The van der Waals surface area contributed by atoms with Gasteiger partial charge in [-0.3, -0.25) is 4.79 Å². The fourth-order valence-electron chi connectivity index (χ4n) is 3.38. The molecule has 0 saturated carbocycles. The van der Waals surface area contributed by atoms with Crippen LogP contribution in [0.3, 0.4) is 0 Å². The molecule has 2 heterocycles. The van der Waals surface area contributed by atoms with Crippen LogP contribution in [-0.2, 0) is 14.6 Å². The van der Waals surface area contributed by atoms with Crippen molar-refractivity contribution in [3.63, 3.8) is 0 Å². The van der Waals surface area contributed by atoms with Gasteiger partial charge in [0.15, 0.2) is 9.84 Å². The molecule has 1 N–H and O–H groups in total. The van der Waals surface area contributed by atoms with Gasteiger partial charge in [-0.25, -0.2) is 13.1 Å². The fraction of sp³-hybridized carbons (Fsp3) is 0.182.